The molecule has 0 aliphatic carbocycles. The Morgan fingerprint density at radius 1 is 1.33 bits per heavy atom. The van der Waals surface area contributed by atoms with Gasteiger partial charge in [-0.1, -0.05) is 44.7 Å². The highest BCUT2D eigenvalue weighted by Crippen LogP contribution is 2.34. The summed E-state index contributed by atoms with van der Waals surface area (Å²) in [6.45, 7) is 11.2. The van der Waals surface area contributed by atoms with Crippen LogP contribution in [-0.4, -0.2) is 35.7 Å². The number of allylic oxidation sites excluding steroid dienone is 1. The number of aliphatic hydroxyl groups excluding tert-OH is 1. The van der Waals surface area contributed by atoms with Gasteiger partial charge in [-0.15, -0.1) is 0 Å². The molecule has 0 saturated carbocycles. The van der Waals surface area contributed by atoms with Crippen molar-refractivity contribution in [2.24, 2.45) is 5.92 Å². The average Bonchev–Trinajstić information content (AvgIpc) is 2.87. The second kappa shape index (κ2) is 5.66. The molecule has 0 spiro atoms. The lowest BCUT2D eigenvalue weighted by molar-refractivity contribution is 0.180. The molecule has 0 bridgehead atoms. The van der Waals surface area contributed by atoms with Crippen molar-refractivity contribution in [3.05, 3.63) is 47.7 Å². The predicted octanol–water partition coefficient (Wildman–Crippen LogP) is 2.69. The summed E-state index contributed by atoms with van der Waals surface area (Å²) in [7, 11) is 0. The van der Waals surface area contributed by atoms with E-state index in [9.17, 15) is 5.11 Å². The summed E-state index contributed by atoms with van der Waals surface area (Å²) in [5, 5.41) is 13.3. The van der Waals surface area contributed by atoms with Crippen molar-refractivity contribution in [1.82, 2.24) is 10.2 Å². The van der Waals surface area contributed by atoms with Crippen LogP contribution in [-0.2, 0) is 0 Å². The molecular weight excluding hydrogens is 260 g/mol. The Morgan fingerprint density at radius 2 is 2.05 bits per heavy atom. The van der Waals surface area contributed by atoms with Gasteiger partial charge in [0, 0.05) is 36.6 Å². The van der Waals surface area contributed by atoms with Gasteiger partial charge in [0.2, 0.25) is 0 Å². The standard InChI is InChI=1S/C18H24N2O/c1-12(2)18-17(11-20-9-8-14(21)10-20)16-7-5-4-6-15(16)13(3)19-18/h4-7,12,14,19,21H,3,8-11H2,1-2H3/t14-/m1/s1. The van der Waals surface area contributed by atoms with E-state index in [1.807, 2.05) is 0 Å². The Kier molecular flexibility index (Phi) is 3.87. The summed E-state index contributed by atoms with van der Waals surface area (Å²) >= 11 is 0. The third kappa shape index (κ3) is 2.76. The molecule has 21 heavy (non-hydrogen) atoms. The lowest BCUT2D eigenvalue weighted by Crippen LogP contribution is -2.30. The van der Waals surface area contributed by atoms with Crippen molar-refractivity contribution in [2.45, 2.75) is 26.4 Å². The maximum atomic E-state index is 9.75. The summed E-state index contributed by atoms with van der Waals surface area (Å²) in [6, 6.07) is 8.46. The number of aliphatic hydroxyl groups is 1. The van der Waals surface area contributed by atoms with Crippen molar-refractivity contribution in [3.63, 3.8) is 0 Å². The quantitative estimate of drug-likeness (QED) is 0.896. The molecule has 2 aliphatic heterocycles. The number of benzene rings is 1. The maximum Gasteiger partial charge on any atom is 0.0679 e. The Morgan fingerprint density at radius 3 is 2.67 bits per heavy atom. The molecule has 3 heteroatoms. The van der Waals surface area contributed by atoms with Gasteiger partial charge in [-0.25, -0.2) is 0 Å². The van der Waals surface area contributed by atoms with E-state index >= 15 is 0 Å². The van der Waals surface area contributed by atoms with E-state index in [0.717, 1.165) is 31.8 Å². The van der Waals surface area contributed by atoms with E-state index in [0.29, 0.717) is 5.92 Å². The van der Waals surface area contributed by atoms with Crippen molar-refractivity contribution < 1.29 is 5.11 Å². The van der Waals surface area contributed by atoms with Gasteiger partial charge in [-0.05, 0) is 23.5 Å². The number of rotatable bonds is 3. The molecule has 2 heterocycles. The van der Waals surface area contributed by atoms with Gasteiger partial charge in [0.15, 0.2) is 0 Å². The summed E-state index contributed by atoms with van der Waals surface area (Å²) in [6.07, 6.45) is 0.710. The van der Waals surface area contributed by atoms with E-state index in [2.05, 4.69) is 54.9 Å². The number of fused-ring (bicyclic) bond motifs is 1. The van der Waals surface area contributed by atoms with Crippen LogP contribution in [0.2, 0.25) is 0 Å². The monoisotopic (exact) mass is 284 g/mol. The number of β-amino-alcohol motifs (C(OH)–C–C–N with tert-alkyl or cyclic N) is 1. The average molecular weight is 284 g/mol. The molecular formula is C18H24N2O. The first kappa shape index (κ1) is 14.4. The topological polar surface area (TPSA) is 35.5 Å². The minimum Gasteiger partial charge on any atom is -0.392 e. The van der Waals surface area contributed by atoms with Crippen LogP contribution in [0.25, 0.3) is 11.3 Å². The fraction of sp³-hybridized carbons (Fsp3) is 0.444. The highest BCUT2D eigenvalue weighted by atomic mass is 16.3. The Bertz CT molecular complexity index is 589. The number of nitrogens with zero attached hydrogens (tertiary/aromatic N) is 1. The van der Waals surface area contributed by atoms with E-state index in [-0.39, 0.29) is 6.10 Å². The fourth-order valence-electron chi connectivity index (χ4n) is 3.30. The molecule has 1 saturated heterocycles. The molecule has 1 aromatic carbocycles. The number of nitrogens with one attached hydrogen (secondary N) is 1. The number of hydrogen-bond donors (Lipinski definition) is 2. The largest absolute Gasteiger partial charge is 0.392 e. The minimum atomic E-state index is -0.171. The first-order valence-electron chi connectivity index (χ1n) is 7.75. The second-order valence-corrected chi connectivity index (χ2v) is 6.37. The molecule has 3 rings (SSSR count). The van der Waals surface area contributed by atoms with Crippen LogP contribution in [0.4, 0.5) is 0 Å². The molecule has 0 aromatic heterocycles. The highest BCUT2D eigenvalue weighted by Gasteiger charge is 2.27. The van der Waals surface area contributed by atoms with Crippen molar-refractivity contribution in [3.8, 4) is 0 Å². The summed E-state index contributed by atoms with van der Waals surface area (Å²) in [5.74, 6) is 0.428. The molecule has 0 unspecified atom stereocenters. The smallest absolute Gasteiger partial charge is 0.0679 e. The Hall–Kier alpha value is -1.58. The number of hydrogen-bond acceptors (Lipinski definition) is 3. The van der Waals surface area contributed by atoms with Crippen molar-refractivity contribution in [1.29, 1.82) is 0 Å². The molecule has 1 fully saturated rings. The van der Waals surface area contributed by atoms with Crippen LogP contribution in [0.1, 0.15) is 31.4 Å². The van der Waals surface area contributed by atoms with Gasteiger partial charge >= 0.3 is 0 Å². The molecule has 1 atom stereocenters. The summed E-state index contributed by atoms with van der Waals surface area (Å²) in [5.41, 5.74) is 6.07. The molecule has 1 aromatic rings. The van der Waals surface area contributed by atoms with Crippen LogP contribution in [0.5, 0.6) is 0 Å². The number of likely N-dealkylation sites (tertiary alicyclic amines) is 1. The molecule has 2 N–H and O–H groups in total. The maximum absolute atomic E-state index is 9.75. The fourth-order valence-corrected chi connectivity index (χ4v) is 3.30. The van der Waals surface area contributed by atoms with Crippen LogP contribution < -0.4 is 5.32 Å². The third-order valence-electron chi connectivity index (χ3n) is 4.39. The van der Waals surface area contributed by atoms with E-state index in [4.69, 9.17) is 0 Å². The van der Waals surface area contributed by atoms with Gasteiger partial charge in [0.05, 0.1) is 6.10 Å². The zero-order valence-electron chi connectivity index (χ0n) is 12.9. The SMILES string of the molecule is C=C1NC(C(C)C)=C(CN2CC[C@@H](O)C2)c2ccccc21. The van der Waals surface area contributed by atoms with Gasteiger partial charge < -0.3 is 10.4 Å². The molecule has 3 nitrogen and oxygen atoms in total. The molecule has 112 valence electrons. The molecule has 0 amide bonds. The molecule has 2 aliphatic rings. The highest BCUT2D eigenvalue weighted by molar-refractivity contribution is 5.85. The lowest BCUT2D eigenvalue weighted by Gasteiger charge is -2.31. The normalized spacial score (nSPS) is 22.7. The summed E-state index contributed by atoms with van der Waals surface area (Å²) in [4.78, 5) is 2.34. The Labute approximate surface area is 127 Å². The lowest BCUT2D eigenvalue weighted by atomic mass is 9.89. The van der Waals surface area contributed by atoms with Gasteiger partial charge in [0.25, 0.3) is 0 Å². The van der Waals surface area contributed by atoms with E-state index in [1.165, 1.54) is 22.4 Å². The predicted molar refractivity (Wildman–Crippen MR) is 87.4 cm³/mol. The first-order valence-corrected chi connectivity index (χ1v) is 7.75. The van der Waals surface area contributed by atoms with E-state index in [1.54, 1.807) is 0 Å². The zero-order valence-corrected chi connectivity index (χ0v) is 12.9. The van der Waals surface area contributed by atoms with E-state index < -0.39 is 0 Å². The second-order valence-electron chi connectivity index (χ2n) is 6.37. The zero-order chi connectivity index (χ0) is 15.0. The van der Waals surface area contributed by atoms with Crippen molar-refractivity contribution >= 4 is 11.3 Å². The van der Waals surface area contributed by atoms with Crippen LogP contribution in [0.3, 0.4) is 0 Å². The third-order valence-corrected chi connectivity index (χ3v) is 4.39. The van der Waals surface area contributed by atoms with Crippen molar-refractivity contribution in [2.75, 3.05) is 19.6 Å². The molecule has 0 radical (unpaired) electrons. The van der Waals surface area contributed by atoms with Crippen LogP contribution >= 0.6 is 0 Å². The minimum absolute atomic E-state index is 0.171. The Balaban J connectivity index is 1.99. The van der Waals surface area contributed by atoms with Crippen LogP contribution in [0.15, 0.2) is 36.5 Å². The van der Waals surface area contributed by atoms with Gasteiger partial charge in [0.1, 0.15) is 0 Å². The van der Waals surface area contributed by atoms with Gasteiger partial charge in [-0.2, -0.15) is 0 Å². The first-order chi connectivity index (χ1) is 10.1. The van der Waals surface area contributed by atoms with Gasteiger partial charge in [-0.3, -0.25) is 4.90 Å². The summed E-state index contributed by atoms with van der Waals surface area (Å²) < 4.78 is 0. The van der Waals surface area contributed by atoms with Crippen LogP contribution in [0, 0.1) is 5.92 Å².